The monoisotopic (exact) mass is 193 g/mol. The highest BCUT2D eigenvalue weighted by atomic mass is 16.1. The number of nitrogen functional groups attached to an aromatic ring is 1. The van der Waals surface area contributed by atoms with Crippen LogP contribution in [0.3, 0.4) is 0 Å². The van der Waals surface area contributed by atoms with E-state index in [4.69, 9.17) is 5.73 Å². The molecule has 1 aromatic rings. The molecule has 76 valence electrons. The maximum Gasteiger partial charge on any atom is 0.216 e. The predicted octanol–water partition coefficient (Wildman–Crippen LogP) is 0.732. The molecular formula is C10H15N3O. The Morgan fingerprint density at radius 2 is 2.36 bits per heavy atom. The molecule has 1 aromatic heterocycles. The van der Waals surface area contributed by atoms with Crippen LogP contribution in [-0.4, -0.2) is 17.4 Å². The molecule has 0 aliphatic carbocycles. The Morgan fingerprint density at radius 1 is 1.57 bits per heavy atom. The first kappa shape index (κ1) is 10.5. The molecule has 4 heteroatoms. The molecule has 1 rings (SSSR count). The Balaban J connectivity index is 2.25. The van der Waals surface area contributed by atoms with E-state index in [-0.39, 0.29) is 5.91 Å². The van der Waals surface area contributed by atoms with E-state index in [1.165, 1.54) is 6.92 Å². The lowest BCUT2D eigenvalue weighted by molar-refractivity contribution is -0.118. The van der Waals surface area contributed by atoms with Crippen molar-refractivity contribution in [3.05, 3.63) is 23.9 Å². The van der Waals surface area contributed by atoms with Crippen molar-refractivity contribution in [3.63, 3.8) is 0 Å². The van der Waals surface area contributed by atoms with Crippen molar-refractivity contribution in [3.8, 4) is 0 Å². The van der Waals surface area contributed by atoms with Crippen molar-refractivity contribution in [1.29, 1.82) is 0 Å². The summed E-state index contributed by atoms with van der Waals surface area (Å²) in [5.74, 6) is 0.552. The average Bonchev–Trinajstić information content (AvgIpc) is 2.15. The lowest BCUT2D eigenvalue weighted by Crippen LogP contribution is -2.21. The summed E-state index contributed by atoms with van der Waals surface area (Å²) in [4.78, 5) is 14.5. The maximum absolute atomic E-state index is 10.6. The molecule has 0 radical (unpaired) electrons. The number of hydrogen-bond acceptors (Lipinski definition) is 3. The normalized spacial score (nSPS) is 9.79. The molecule has 1 amide bonds. The van der Waals surface area contributed by atoms with E-state index in [2.05, 4.69) is 10.3 Å². The summed E-state index contributed by atoms with van der Waals surface area (Å²) in [6.45, 7) is 2.23. The van der Waals surface area contributed by atoms with Crippen molar-refractivity contribution in [2.45, 2.75) is 19.8 Å². The number of nitrogens with one attached hydrogen (secondary N) is 1. The number of nitrogens with two attached hydrogens (primary N) is 1. The molecule has 0 fully saturated rings. The molecule has 0 unspecified atom stereocenters. The van der Waals surface area contributed by atoms with E-state index in [9.17, 15) is 4.79 Å². The minimum atomic E-state index is 0.0143. The third-order valence-corrected chi connectivity index (χ3v) is 1.86. The molecule has 0 aliphatic rings. The van der Waals surface area contributed by atoms with Crippen LogP contribution in [-0.2, 0) is 11.2 Å². The highest BCUT2D eigenvalue weighted by Crippen LogP contribution is 2.03. The number of rotatable bonds is 4. The molecular weight excluding hydrogens is 178 g/mol. The van der Waals surface area contributed by atoms with Gasteiger partial charge in [-0.1, -0.05) is 6.07 Å². The lowest BCUT2D eigenvalue weighted by Gasteiger charge is -2.02. The highest BCUT2D eigenvalue weighted by Gasteiger charge is 1.94. The van der Waals surface area contributed by atoms with Crippen molar-refractivity contribution in [1.82, 2.24) is 10.3 Å². The molecule has 1 heterocycles. The van der Waals surface area contributed by atoms with Crippen molar-refractivity contribution < 1.29 is 4.79 Å². The zero-order chi connectivity index (χ0) is 10.4. The van der Waals surface area contributed by atoms with Gasteiger partial charge >= 0.3 is 0 Å². The largest absolute Gasteiger partial charge is 0.384 e. The standard InChI is InChI=1S/C10H15N3O/c1-8(14)12-6-2-3-9-4-5-10(11)13-7-9/h4-5,7H,2-3,6H2,1H3,(H2,11,13)(H,12,14). The number of amides is 1. The lowest BCUT2D eigenvalue weighted by atomic mass is 10.1. The van der Waals surface area contributed by atoms with Gasteiger partial charge in [0.05, 0.1) is 0 Å². The number of carbonyl (C=O) groups is 1. The van der Waals surface area contributed by atoms with Gasteiger partial charge < -0.3 is 11.1 Å². The molecule has 0 atom stereocenters. The summed E-state index contributed by atoms with van der Waals surface area (Å²) in [6.07, 6.45) is 3.60. The fourth-order valence-electron chi connectivity index (χ4n) is 1.14. The molecule has 0 aromatic carbocycles. The van der Waals surface area contributed by atoms with Crippen LogP contribution in [0.15, 0.2) is 18.3 Å². The number of hydrogen-bond donors (Lipinski definition) is 2. The molecule has 0 bridgehead atoms. The Bertz CT molecular complexity index is 295. The van der Waals surface area contributed by atoms with E-state index in [1.807, 2.05) is 6.07 Å². The smallest absolute Gasteiger partial charge is 0.216 e. The highest BCUT2D eigenvalue weighted by molar-refractivity contribution is 5.72. The zero-order valence-electron chi connectivity index (χ0n) is 8.29. The van der Waals surface area contributed by atoms with Crippen LogP contribution in [0.1, 0.15) is 18.9 Å². The zero-order valence-corrected chi connectivity index (χ0v) is 8.29. The second-order valence-electron chi connectivity index (χ2n) is 3.18. The molecule has 14 heavy (non-hydrogen) atoms. The molecule has 0 spiro atoms. The molecule has 4 nitrogen and oxygen atoms in total. The Kier molecular flexibility index (Phi) is 3.91. The minimum absolute atomic E-state index is 0.0143. The predicted molar refractivity (Wildman–Crippen MR) is 55.7 cm³/mol. The van der Waals surface area contributed by atoms with Gasteiger partial charge in [-0.3, -0.25) is 4.79 Å². The summed E-state index contributed by atoms with van der Waals surface area (Å²) in [5, 5.41) is 2.74. The summed E-state index contributed by atoms with van der Waals surface area (Å²) in [5.41, 5.74) is 6.60. The van der Waals surface area contributed by atoms with Crippen molar-refractivity contribution >= 4 is 11.7 Å². The quantitative estimate of drug-likeness (QED) is 0.693. The van der Waals surface area contributed by atoms with Crippen molar-refractivity contribution in [2.75, 3.05) is 12.3 Å². The number of pyridine rings is 1. The van der Waals surface area contributed by atoms with Crippen molar-refractivity contribution in [2.24, 2.45) is 0 Å². The third kappa shape index (κ3) is 3.89. The van der Waals surface area contributed by atoms with Gasteiger partial charge in [-0.05, 0) is 24.5 Å². The first-order chi connectivity index (χ1) is 6.68. The first-order valence-corrected chi connectivity index (χ1v) is 4.63. The first-order valence-electron chi connectivity index (χ1n) is 4.63. The van der Waals surface area contributed by atoms with Crippen LogP contribution in [0.2, 0.25) is 0 Å². The molecule has 0 saturated carbocycles. The van der Waals surface area contributed by atoms with E-state index >= 15 is 0 Å². The summed E-state index contributed by atoms with van der Waals surface area (Å²) in [6, 6.07) is 3.74. The van der Waals surface area contributed by atoms with Crippen LogP contribution in [0.25, 0.3) is 0 Å². The maximum atomic E-state index is 10.6. The average molecular weight is 193 g/mol. The third-order valence-electron chi connectivity index (χ3n) is 1.86. The van der Waals surface area contributed by atoms with Gasteiger partial charge in [0.2, 0.25) is 5.91 Å². The van der Waals surface area contributed by atoms with Gasteiger partial charge in [0.1, 0.15) is 5.82 Å². The van der Waals surface area contributed by atoms with Gasteiger partial charge in [0.15, 0.2) is 0 Å². The number of aromatic nitrogens is 1. The van der Waals surface area contributed by atoms with E-state index in [0.29, 0.717) is 12.4 Å². The number of carbonyl (C=O) groups excluding carboxylic acids is 1. The van der Waals surface area contributed by atoms with E-state index < -0.39 is 0 Å². The SMILES string of the molecule is CC(=O)NCCCc1ccc(N)nc1. The molecule has 0 saturated heterocycles. The fraction of sp³-hybridized carbons (Fsp3) is 0.400. The second-order valence-corrected chi connectivity index (χ2v) is 3.18. The summed E-state index contributed by atoms with van der Waals surface area (Å²) >= 11 is 0. The van der Waals surface area contributed by atoms with Gasteiger partial charge in [0, 0.05) is 19.7 Å². The number of aryl methyl sites for hydroxylation is 1. The Morgan fingerprint density at radius 3 is 2.93 bits per heavy atom. The second kappa shape index (κ2) is 5.21. The topological polar surface area (TPSA) is 68.0 Å². The Labute approximate surface area is 83.5 Å². The summed E-state index contributed by atoms with van der Waals surface area (Å²) < 4.78 is 0. The Hall–Kier alpha value is -1.58. The number of nitrogens with zero attached hydrogens (tertiary/aromatic N) is 1. The molecule has 3 N–H and O–H groups in total. The molecule has 0 aliphatic heterocycles. The van der Waals surface area contributed by atoms with Gasteiger partial charge in [-0.25, -0.2) is 4.98 Å². The van der Waals surface area contributed by atoms with E-state index in [1.54, 1.807) is 12.3 Å². The summed E-state index contributed by atoms with van der Waals surface area (Å²) in [7, 11) is 0. The van der Waals surface area contributed by atoms with Gasteiger partial charge in [0.25, 0.3) is 0 Å². The minimum Gasteiger partial charge on any atom is -0.384 e. The van der Waals surface area contributed by atoms with Crippen LogP contribution >= 0.6 is 0 Å². The van der Waals surface area contributed by atoms with Crippen LogP contribution in [0.5, 0.6) is 0 Å². The van der Waals surface area contributed by atoms with Gasteiger partial charge in [-0.2, -0.15) is 0 Å². The van der Waals surface area contributed by atoms with Crippen LogP contribution in [0, 0.1) is 0 Å². The fourth-order valence-corrected chi connectivity index (χ4v) is 1.14. The van der Waals surface area contributed by atoms with Gasteiger partial charge in [-0.15, -0.1) is 0 Å². The van der Waals surface area contributed by atoms with E-state index in [0.717, 1.165) is 18.4 Å². The van der Waals surface area contributed by atoms with Crippen LogP contribution in [0.4, 0.5) is 5.82 Å². The van der Waals surface area contributed by atoms with Crippen LogP contribution < -0.4 is 11.1 Å². The number of anilines is 1.